The van der Waals surface area contributed by atoms with Gasteiger partial charge in [-0.3, -0.25) is 24.0 Å². The Morgan fingerprint density at radius 2 is 1.72 bits per heavy atom. The maximum Gasteiger partial charge on any atom is 0.552 e. The molecule has 0 saturated carbocycles. The number of hydrogen-bond acceptors (Lipinski definition) is 9. The second kappa shape index (κ2) is 14.3. The van der Waals surface area contributed by atoms with Gasteiger partial charge in [0.1, 0.15) is 11.7 Å². The van der Waals surface area contributed by atoms with Crippen LogP contribution in [0.3, 0.4) is 0 Å². The van der Waals surface area contributed by atoms with Crippen molar-refractivity contribution in [2.45, 2.75) is 63.7 Å². The molecule has 0 spiro atoms. The molecule has 3 rings (SSSR count). The van der Waals surface area contributed by atoms with E-state index < -0.39 is 73.3 Å². The lowest BCUT2D eigenvalue weighted by Gasteiger charge is -2.40. The molecule has 4 N–H and O–H groups in total. The van der Waals surface area contributed by atoms with Crippen molar-refractivity contribution in [2.24, 2.45) is 5.92 Å². The predicted molar refractivity (Wildman–Crippen MR) is 155 cm³/mol. The number of carbonyl (C=O) groups is 5. The molecule has 0 bridgehead atoms. The molecule has 2 heterocycles. The summed E-state index contributed by atoms with van der Waals surface area (Å²) in [5.74, 6) is -5.66. The number of rotatable bonds is 12. The number of nitrogens with one attached hydrogen (secondary N) is 2. The summed E-state index contributed by atoms with van der Waals surface area (Å²) in [5.41, 5.74) is -0.713. The molecule has 1 fully saturated rings. The standard InChI is InChI=1S/C29H37BN4O9/c1-17(2)14-22(30-42-24(38)16-29(43-30,15-23(36)37)28(41)34(4)5)32-27(40)25(18(3)35)33-26(39)21-13-9-12-20(31-21)19-10-7-6-8-11-19/h6-13,17-18,22,25,35H,14-16H2,1-5H3,(H,32,40)(H,33,39)(H,36,37)/t18-,22+,25?,29+/m1/s1. The van der Waals surface area contributed by atoms with Crippen molar-refractivity contribution in [3.63, 3.8) is 0 Å². The van der Waals surface area contributed by atoms with Crippen molar-refractivity contribution in [3.05, 3.63) is 54.2 Å². The summed E-state index contributed by atoms with van der Waals surface area (Å²) in [4.78, 5) is 69.5. The molecule has 3 amide bonds. The number of carboxylic acids is 1. The van der Waals surface area contributed by atoms with Gasteiger partial charge in [0.25, 0.3) is 17.8 Å². The van der Waals surface area contributed by atoms with Crippen molar-refractivity contribution >= 4 is 36.8 Å². The molecule has 1 aromatic heterocycles. The fourth-order valence-electron chi connectivity index (χ4n) is 4.78. The van der Waals surface area contributed by atoms with Crippen molar-refractivity contribution in [1.29, 1.82) is 0 Å². The molecule has 13 nitrogen and oxygen atoms in total. The molecule has 2 aromatic rings. The maximum atomic E-state index is 13.5. The Bertz CT molecular complexity index is 1330. The average molecular weight is 596 g/mol. The highest BCUT2D eigenvalue weighted by Crippen LogP contribution is 2.31. The number of hydrogen-bond donors (Lipinski definition) is 4. The van der Waals surface area contributed by atoms with Crippen LogP contribution in [0.25, 0.3) is 11.3 Å². The molecule has 4 atom stereocenters. The number of aromatic nitrogens is 1. The Balaban J connectivity index is 1.84. The van der Waals surface area contributed by atoms with E-state index in [1.165, 1.54) is 27.1 Å². The molecule has 1 aliphatic rings. The Hall–Kier alpha value is -4.30. The van der Waals surface area contributed by atoms with Crippen LogP contribution in [0, 0.1) is 5.92 Å². The molecule has 43 heavy (non-hydrogen) atoms. The third-order valence-corrected chi connectivity index (χ3v) is 6.74. The number of aliphatic carboxylic acids is 1. The molecule has 1 saturated heterocycles. The number of aliphatic hydroxyl groups is 1. The zero-order valence-corrected chi connectivity index (χ0v) is 24.8. The number of amides is 3. The van der Waals surface area contributed by atoms with E-state index in [0.29, 0.717) is 5.69 Å². The monoisotopic (exact) mass is 596 g/mol. The van der Waals surface area contributed by atoms with Gasteiger partial charge in [0.2, 0.25) is 5.91 Å². The number of pyridine rings is 1. The minimum Gasteiger partial charge on any atom is -0.508 e. The first kappa shape index (κ1) is 33.2. The highest BCUT2D eigenvalue weighted by Gasteiger charge is 2.55. The van der Waals surface area contributed by atoms with Gasteiger partial charge in [0, 0.05) is 19.7 Å². The predicted octanol–water partition coefficient (Wildman–Crippen LogP) is 1.05. The Morgan fingerprint density at radius 1 is 1.05 bits per heavy atom. The van der Waals surface area contributed by atoms with Crippen molar-refractivity contribution < 1.29 is 43.5 Å². The Labute approximate surface area is 250 Å². The summed E-state index contributed by atoms with van der Waals surface area (Å²) in [6.07, 6.45) is -2.60. The quantitative estimate of drug-likeness (QED) is 0.258. The number of carboxylic acid groups (broad SMARTS) is 1. The van der Waals surface area contributed by atoms with E-state index in [2.05, 4.69) is 15.6 Å². The number of aliphatic hydroxyl groups excluding tert-OH is 1. The van der Waals surface area contributed by atoms with Crippen LogP contribution in [0.5, 0.6) is 0 Å². The van der Waals surface area contributed by atoms with Gasteiger partial charge >= 0.3 is 13.1 Å². The van der Waals surface area contributed by atoms with Crippen LogP contribution in [0.1, 0.15) is 50.5 Å². The largest absolute Gasteiger partial charge is 0.552 e. The van der Waals surface area contributed by atoms with Gasteiger partial charge in [0.05, 0.1) is 30.6 Å². The second-order valence-corrected chi connectivity index (χ2v) is 11.1. The molecule has 230 valence electrons. The first-order chi connectivity index (χ1) is 20.2. The van der Waals surface area contributed by atoms with Gasteiger partial charge in [-0.05, 0) is 31.4 Å². The molecular weight excluding hydrogens is 559 g/mol. The minimum absolute atomic E-state index is 0.0173. The van der Waals surface area contributed by atoms with E-state index in [9.17, 15) is 34.2 Å². The average Bonchev–Trinajstić information content (AvgIpc) is 2.94. The zero-order chi connectivity index (χ0) is 31.9. The van der Waals surface area contributed by atoms with E-state index in [1.54, 1.807) is 12.1 Å². The van der Waals surface area contributed by atoms with Crippen molar-refractivity contribution in [2.75, 3.05) is 14.1 Å². The third kappa shape index (κ3) is 8.61. The van der Waals surface area contributed by atoms with Gasteiger partial charge in [-0.2, -0.15) is 0 Å². The smallest absolute Gasteiger partial charge is 0.508 e. The van der Waals surface area contributed by atoms with Gasteiger partial charge < -0.3 is 35.1 Å². The van der Waals surface area contributed by atoms with Crippen LogP contribution in [0.4, 0.5) is 0 Å². The molecule has 14 heteroatoms. The highest BCUT2D eigenvalue weighted by atomic mass is 16.6. The fraction of sp³-hybridized carbons (Fsp3) is 0.448. The van der Waals surface area contributed by atoms with Crippen molar-refractivity contribution in [3.8, 4) is 11.3 Å². The minimum atomic E-state index is -2.05. The van der Waals surface area contributed by atoms with Crippen LogP contribution >= 0.6 is 0 Å². The van der Waals surface area contributed by atoms with Gasteiger partial charge in [-0.15, -0.1) is 0 Å². The topological polar surface area (TPSA) is 184 Å². The molecule has 1 unspecified atom stereocenters. The lowest BCUT2D eigenvalue weighted by atomic mass is 9.70. The lowest BCUT2D eigenvalue weighted by Crippen LogP contribution is -2.64. The highest BCUT2D eigenvalue weighted by molar-refractivity contribution is 6.50. The summed E-state index contributed by atoms with van der Waals surface area (Å²) in [7, 11) is 1.28. The molecule has 1 aliphatic heterocycles. The van der Waals surface area contributed by atoms with E-state index in [1.807, 2.05) is 44.2 Å². The van der Waals surface area contributed by atoms with Crippen LogP contribution < -0.4 is 10.6 Å². The third-order valence-electron chi connectivity index (χ3n) is 6.74. The van der Waals surface area contributed by atoms with E-state index in [-0.39, 0.29) is 18.0 Å². The normalized spacial score (nSPS) is 18.7. The molecule has 1 aromatic carbocycles. The van der Waals surface area contributed by atoms with Crippen LogP contribution in [-0.4, -0.2) is 94.7 Å². The summed E-state index contributed by atoms with van der Waals surface area (Å²) >= 11 is 0. The first-order valence-electron chi connectivity index (χ1n) is 13.8. The second-order valence-electron chi connectivity index (χ2n) is 11.1. The van der Waals surface area contributed by atoms with Gasteiger partial charge in [-0.1, -0.05) is 50.2 Å². The van der Waals surface area contributed by atoms with Crippen LogP contribution in [0.2, 0.25) is 0 Å². The Kier molecular flexibility index (Phi) is 11.0. The van der Waals surface area contributed by atoms with Crippen LogP contribution in [0.15, 0.2) is 48.5 Å². The number of likely N-dealkylation sites (N-methyl/N-ethyl adjacent to an activating group) is 1. The summed E-state index contributed by atoms with van der Waals surface area (Å²) in [5, 5.41) is 25.1. The van der Waals surface area contributed by atoms with E-state index in [0.717, 1.165) is 10.5 Å². The summed E-state index contributed by atoms with van der Waals surface area (Å²) in [6.45, 7) is 4.98. The molecular formula is C29H37BN4O9. The summed E-state index contributed by atoms with van der Waals surface area (Å²) in [6, 6.07) is 12.6. The van der Waals surface area contributed by atoms with E-state index in [4.69, 9.17) is 9.31 Å². The maximum absolute atomic E-state index is 13.5. The van der Waals surface area contributed by atoms with Crippen molar-refractivity contribution in [1.82, 2.24) is 20.5 Å². The van der Waals surface area contributed by atoms with Gasteiger partial charge in [-0.25, -0.2) is 4.98 Å². The number of nitrogens with zero attached hydrogens (tertiary/aromatic N) is 2. The Morgan fingerprint density at radius 3 is 2.30 bits per heavy atom. The zero-order valence-electron chi connectivity index (χ0n) is 24.8. The SMILES string of the molecule is CC(C)C[C@H](NC(=O)C(NC(=O)c1cccc(-c2ccccc2)n1)[C@@H](C)O)B1OC(=O)C[C@@](CC(=O)O)(C(=O)N(C)C)O1. The van der Waals surface area contributed by atoms with Crippen LogP contribution in [-0.2, 0) is 28.5 Å². The van der Waals surface area contributed by atoms with E-state index >= 15 is 0 Å². The first-order valence-corrected chi connectivity index (χ1v) is 13.8. The number of carbonyl (C=O) groups excluding carboxylic acids is 4. The molecule has 0 aliphatic carbocycles. The lowest BCUT2D eigenvalue weighted by molar-refractivity contribution is -0.169. The van der Waals surface area contributed by atoms with Gasteiger partial charge in [0.15, 0.2) is 5.60 Å². The summed E-state index contributed by atoms with van der Waals surface area (Å²) < 4.78 is 11.3. The number of benzene rings is 1. The molecule has 0 radical (unpaired) electrons. The fourth-order valence-corrected chi connectivity index (χ4v) is 4.78.